The molecule has 0 radical (unpaired) electrons. The Hall–Kier alpha value is -0.990. The summed E-state index contributed by atoms with van der Waals surface area (Å²) >= 11 is 0. The van der Waals surface area contributed by atoms with Gasteiger partial charge in [0, 0.05) is 12.8 Å². The number of esters is 2. The lowest BCUT2D eigenvalue weighted by molar-refractivity contribution is -0.870. The van der Waals surface area contributed by atoms with Gasteiger partial charge in [0.2, 0.25) is 0 Å². The van der Waals surface area contributed by atoms with Crippen LogP contribution in [0.3, 0.4) is 0 Å². The molecule has 0 spiro atoms. The molecule has 2 atom stereocenters. The van der Waals surface area contributed by atoms with Gasteiger partial charge in [0.1, 0.15) is 19.8 Å². The number of phosphoric ester groups is 1. The molecule has 0 amide bonds. The number of quaternary nitrogens is 1. The van der Waals surface area contributed by atoms with Crippen molar-refractivity contribution in [3.8, 4) is 0 Å². The maximum Gasteiger partial charge on any atom is 0.472 e. The summed E-state index contributed by atoms with van der Waals surface area (Å²) in [6, 6.07) is 0. The minimum absolute atomic E-state index is 0.0363. The second-order valence-electron chi connectivity index (χ2n) is 15.7. The number of phosphoric acid groups is 1. The van der Waals surface area contributed by atoms with E-state index in [2.05, 4.69) is 13.8 Å². The standard InChI is InChI=1S/C41H82NO8P/c1-6-8-10-12-14-15-16-17-18-19-20-21-22-23-24-25-26-28-30-32-34-41(44)50-39(38-49-51(45,46)48-36-35-42(3,4)5)37-47-40(43)33-31-29-27-13-11-9-7-2/h39H,6-38H2,1-5H3/p+1/t39-/m1/s1. The molecule has 0 aliphatic rings. The molecule has 0 aliphatic carbocycles. The van der Waals surface area contributed by atoms with Crippen molar-refractivity contribution >= 4 is 19.8 Å². The summed E-state index contributed by atoms with van der Waals surface area (Å²) in [5.41, 5.74) is 0. The van der Waals surface area contributed by atoms with Gasteiger partial charge in [-0.05, 0) is 12.8 Å². The van der Waals surface area contributed by atoms with E-state index in [1.54, 1.807) is 0 Å². The summed E-state index contributed by atoms with van der Waals surface area (Å²) in [4.78, 5) is 35.1. The summed E-state index contributed by atoms with van der Waals surface area (Å²) in [5.74, 6) is -0.794. The van der Waals surface area contributed by atoms with Crippen LogP contribution in [0.4, 0.5) is 0 Å². The van der Waals surface area contributed by atoms with E-state index in [9.17, 15) is 19.0 Å². The Balaban J connectivity index is 4.18. The van der Waals surface area contributed by atoms with Crippen molar-refractivity contribution in [1.82, 2.24) is 0 Å². The number of nitrogens with zero attached hydrogens (tertiary/aromatic N) is 1. The third kappa shape index (κ3) is 38.5. The Kier molecular flexibility index (Phi) is 34.1. The van der Waals surface area contributed by atoms with Crippen LogP contribution < -0.4 is 0 Å². The van der Waals surface area contributed by atoms with E-state index in [-0.39, 0.29) is 25.6 Å². The van der Waals surface area contributed by atoms with Crippen LogP contribution in [0.2, 0.25) is 0 Å². The Labute approximate surface area is 314 Å². The zero-order valence-corrected chi connectivity index (χ0v) is 35.0. The molecular formula is C41H83NO8P+. The van der Waals surface area contributed by atoms with Crippen LogP contribution in [0.25, 0.3) is 0 Å². The molecule has 1 unspecified atom stereocenters. The molecule has 0 heterocycles. The minimum atomic E-state index is -4.36. The number of carbonyl (C=O) groups is 2. The third-order valence-electron chi connectivity index (χ3n) is 9.39. The molecule has 0 saturated carbocycles. The average molecular weight is 749 g/mol. The van der Waals surface area contributed by atoms with Crippen LogP contribution in [0.15, 0.2) is 0 Å². The Bertz CT molecular complexity index is 850. The lowest BCUT2D eigenvalue weighted by Gasteiger charge is -2.24. The van der Waals surface area contributed by atoms with Gasteiger partial charge in [-0.15, -0.1) is 0 Å². The molecular weight excluding hydrogens is 665 g/mol. The van der Waals surface area contributed by atoms with Crippen molar-refractivity contribution in [3.05, 3.63) is 0 Å². The molecule has 0 aromatic rings. The number of hydrogen-bond acceptors (Lipinski definition) is 7. The zero-order chi connectivity index (χ0) is 37.9. The van der Waals surface area contributed by atoms with Gasteiger partial charge in [-0.2, -0.15) is 0 Å². The van der Waals surface area contributed by atoms with Crippen LogP contribution in [0.1, 0.15) is 200 Å². The highest BCUT2D eigenvalue weighted by atomic mass is 31.2. The fraction of sp³-hybridized carbons (Fsp3) is 0.951. The van der Waals surface area contributed by atoms with E-state index in [0.29, 0.717) is 17.4 Å². The number of hydrogen-bond donors (Lipinski definition) is 1. The van der Waals surface area contributed by atoms with Gasteiger partial charge in [-0.25, -0.2) is 4.57 Å². The Morgan fingerprint density at radius 1 is 0.529 bits per heavy atom. The van der Waals surface area contributed by atoms with Crippen molar-refractivity contribution in [3.63, 3.8) is 0 Å². The fourth-order valence-corrected chi connectivity index (χ4v) is 6.76. The molecule has 10 heteroatoms. The van der Waals surface area contributed by atoms with Crippen molar-refractivity contribution in [2.75, 3.05) is 47.5 Å². The van der Waals surface area contributed by atoms with Gasteiger partial charge in [-0.3, -0.25) is 18.6 Å². The average Bonchev–Trinajstić information content (AvgIpc) is 3.07. The molecule has 51 heavy (non-hydrogen) atoms. The van der Waals surface area contributed by atoms with Crippen molar-refractivity contribution in [2.45, 2.75) is 206 Å². The molecule has 0 fully saturated rings. The maximum absolute atomic E-state index is 12.6. The molecule has 0 aromatic heterocycles. The first kappa shape index (κ1) is 50.0. The second-order valence-corrected chi connectivity index (χ2v) is 17.2. The summed E-state index contributed by atoms with van der Waals surface area (Å²) in [5, 5.41) is 0. The molecule has 0 bridgehead atoms. The van der Waals surface area contributed by atoms with E-state index in [1.165, 1.54) is 135 Å². The summed E-state index contributed by atoms with van der Waals surface area (Å²) < 4.78 is 34.1. The fourth-order valence-electron chi connectivity index (χ4n) is 6.01. The molecule has 9 nitrogen and oxygen atoms in total. The van der Waals surface area contributed by atoms with Gasteiger partial charge in [0.15, 0.2) is 6.10 Å². The molecule has 0 rings (SSSR count). The first-order chi connectivity index (χ1) is 24.5. The van der Waals surface area contributed by atoms with Crippen molar-refractivity contribution < 1.29 is 42.1 Å². The Morgan fingerprint density at radius 2 is 0.882 bits per heavy atom. The monoisotopic (exact) mass is 749 g/mol. The smallest absolute Gasteiger partial charge is 0.462 e. The van der Waals surface area contributed by atoms with Gasteiger partial charge in [0.25, 0.3) is 0 Å². The van der Waals surface area contributed by atoms with E-state index in [1.807, 2.05) is 21.1 Å². The maximum atomic E-state index is 12.6. The second kappa shape index (κ2) is 34.8. The number of carbonyl (C=O) groups excluding carboxylic acids is 2. The number of likely N-dealkylation sites (N-methyl/N-ethyl adjacent to an activating group) is 1. The van der Waals surface area contributed by atoms with Crippen molar-refractivity contribution in [1.29, 1.82) is 0 Å². The number of unbranched alkanes of at least 4 members (excludes halogenated alkanes) is 25. The largest absolute Gasteiger partial charge is 0.472 e. The Morgan fingerprint density at radius 3 is 1.25 bits per heavy atom. The highest BCUT2D eigenvalue weighted by molar-refractivity contribution is 7.47. The van der Waals surface area contributed by atoms with Gasteiger partial charge in [0.05, 0.1) is 27.7 Å². The minimum Gasteiger partial charge on any atom is -0.462 e. The highest BCUT2D eigenvalue weighted by Crippen LogP contribution is 2.43. The SMILES string of the molecule is CCCCCCCCCCCCCCCCCCCCCCC(=O)O[C@H](COC(=O)CCCCCCCCC)COP(=O)(O)OCC[N+](C)(C)C. The van der Waals surface area contributed by atoms with Crippen LogP contribution in [-0.2, 0) is 32.7 Å². The van der Waals surface area contributed by atoms with E-state index < -0.39 is 26.5 Å². The number of rotatable bonds is 39. The predicted octanol–water partition coefficient (Wildman–Crippen LogP) is 11.6. The molecule has 1 N–H and O–H groups in total. The third-order valence-corrected chi connectivity index (χ3v) is 10.4. The van der Waals surface area contributed by atoms with E-state index in [4.69, 9.17) is 18.5 Å². The van der Waals surface area contributed by atoms with Gasteiger partial charge in [-0.1, -0.05) is 174 Å². The first-order valence-electron chi connectivity index (χ1n) is 21.3. The van der Waals surface area contributed by atoms with Crippen LogP contribution >= 0.6 is 7.82 Å². The normalized spacial score (nSPS) is 13.6. The summed E-state index contributed by atoms with van der Waals surface area (Å²) in [7, 11) is 1.49. The lowest BCUT2D eigenvalue weighted by atomic mass is 10.0. The van der Waals surface area contributed by atoms with Crippen molar-refractivity contribution in [2.24, 2.45) is 0 Å². The van der Waals surface area contributed by atoms with Gasteiger partial charge >= 0.3 is 19.8 Å². The molecule has 304 valence electrons. The van der Waals surface area contributed by atoms with E-state index >= 15 is 0 Å². The molecule has 0 saturated heterocycles. The predicted molar refractivity (Wildman–Crippen MR) is 211 cm³/mol. The summed E-state index contributed by atoms with van der Waals surface area (Å²) in [6.07, 6.45) is 33.1. The first-order valence-corrected chi connectivity index (χ1v) is 22.8. The molecule has 0 aliphatic heterocycles. The van der Waals surface area contributed by atoms with Crippen LogP contribution in [0, 0.1) is 0 Å². The highest BCUT2D eigenvalue weighted by Gasteiger charge is 2.27. The topological polar surface area (TPSA) is 108 Å². The lowest BCUT2D eigenvalue weighted by Crippen LogP contribution is -2.37. The zero-order valence-electron chi connectivity index (χ0n) is 34.1. The van der Waals surface area contributed by atoms with Gasteiger partial charge < -0.3 is 18.9 Å². The number of ether oxygens (including phenoxy) is 2. The van der Waals surface area contributed by atoms with E-state index in [0.717, 1.165) is 38.5 Å². The van der Waals surface area contributed by atoms with Crippen LogP contribution in [0.5, 0.6) is 0 Å². The molecule has 0 aromatic carbocycles. The van der Waals surface area contributed by atoms with Crippen LogP contribution in [-0.4, -0.2) is 74.9 Å². The quantitative estimate of drug-likeness (QED) is 0.0286. The summed E-state index contributed by atoms with van der Waals surface area (Å²) in [6.45, 7) is 4.40.